The molecule has 0 aliphatic carbocycles. The molecule has 0 spiro atoms. The maximum Gasteiger partial charge on any atom is 0.317 e. The van der Waals surface area contributed by atoms with E-state index in [9.17, 15) is 9.59 Å². The Balaban J connectivity index is 1.94. The summed E-state index contributed by atoms with van der Waals surface area (Å²) in [5.74, 6) is 0.832. The molecule has 6 nitrogen and oxygen atoms in total. The molecule has 1 N–H and O–H groups in total. The second kappa shape index (κ2) is 10.8. The van der Waals surface area contributed by atoms with Crippen LogP contribution in [0.3, 0.4) is 0 Å². The summed E-state index contributed by atoms with van der Waals surface area (Å²) in [6.07, 6.45) is 4.46. The Bertz CT molecular complexity index is 595. The minimum Gasteiger partial charge on any atom is -0.494 e. The van der Waals surface area contributed by atoms with E-state index in [1.54, 1.807) is 4.90 Å². The van der Waals surface area contributed by atoms with Crippen molar-refractivity contribution in [3.63, 3.8) is 0 Å². The number of rotatable bonds is 10. The molecule has 1 fully saturated rings. The summed E-state index contributed by atoms with van der Waals surface area (Å²) in [6.45, 7) is 8.85. The van der Waals surface area contributed by atoms with Crippen LogP contribution in [0.1, 0.15) is 52.9 Å². The zero-order valence-electron chi connectivity index (χ0n) is 16.9. The van der Waals surface area contributed by atoms with Crippen LogP contribution in [0, 0.1) is 0 Å². The maximum absolute atomic E-state index is 12.6. The summed E-state index contributed by atoms with van der Waals surface area (Å²) in [4.78, 5) is 28.7. The monoisotopic (exact) mass is 375 g/mol. The fourth-order valence-corrected chi connectivity index (χ4v) is 3.22. The Morgan fingerprint density at radius 2 is 1.78 bits per heavy atom. The number of benzene rings is 1. The molecule has 2 rings (SSSR count). The second-order valence-corrected chi connectivity index (χ2v) is 6.98. The van der Waals surface area contributed by atoms with E-state index in [-0.39, 0.29) is 18.0 Å². The fourth-order valence-electron chi connectivity index (χ4n) is 3.22. The van der Waals surface area contributed by atoms with Gasteiger partial charge >= 0.3 is 6.03 Å². The van der Waals surface area contributed by atoms with Crippen molar-refractivity contribution in [2.75, 3.05) is 31.1 Å². The molecule has 1 aliphatic rings. The average molecular weight is 376 g/mol. The minimum absolute atomic E-state index is 0.0399. The predicted molar refractivity (Wildman–Crippen MR) is 108 cm³/mol. The fraction of sp³-hybridized carbons (Fsp3) is 0.619. The van der Waals surface area contributed by atoms with E-state index in [1.165, 1.54) is 0 Å². The van der Waals surface area contributed by atoms with Gasteiger partial charge in [-0.05, 0) is 44.0 Å². The van der Waals surface area contributed by atoms with Crippen LogP contribution in [0.4, 0.5) is 10.5 Å². The van der Waals surface area contributed by atoms with Gasteiger partial charge in [-0.25, -0.2) is 4.79 Å². The molecule has 150 valence electrons. The molecule has 0 saturated carbocycles. The molecule has 1 aliphatic heterocycles. The number of hydrogen-bond acceptors (Lipinski definition) is 3. The van der Waals surface area contributed by atoms with Crippen LogP contribution in [-0.2, 0) is 4.79 Å². The van der Waals surface area contributed by atoms with Crippen LogP contribution < -0.4 is 15.0 Å². The summed E-state index contributed by atoms with van der Waals surface area (Å²) < 4.78 is 5.45. The number of hydrogen-bond donors (Lipinski definition) is 1. The molecule has 0 bridgehead atoms. The first-order valence-electron chi connectivity index (χ1n) is 10.2. The Hall–Kier alpha value is -2.24. The average Bonchev–Trinajstić information content (AvgIpc) is 3.02. The lowest BCUT2D eigenvalue weighted by Gasteiger charge is -2.25. The van der Waals surface area contributed by atoms with Gasteiger partial charge in [0.2, 0.25) is 5.91 Å². The summed E-state index contributed by atoms with van der Waals surface area (Å²) >= 11 is 0. The standard InChI is InChI=1S/C21H33N3O3/c1-4-7-13-23(14-8-5-2)21(26)22-17-15-20(25)24(16-17)18-9-11-19(12-10-18)27-6-3/h9-12,17H,4-8,13-16H2,1-3H3,(H,22,26)/t17-/m0/s1. The first-order valence-corrected chi connectivity index (χ1v) is 10.2. The van der Waals surface area contributed by atoms with Crippen LogP contribution in [-0.4, -0.2) is 49.1 Å². The number of carbonyl (C=O) groups is 2. The number of carbonyl (C=O) groups excluding carboxylic acids is 2. The number of amides is 3. The van der Waals surface area contributed by atoms with E-state index in [4.69, 9.17) is 4.74 Å². The molecule has 27 heavy (non-hydrogen) atoms. The molecular formula is C21H33N3O3. The quantitative estimate of drug-likeness (QED) is 0.676. The van der Waals surface area contributed by atoms with Gasteiger partial charge in [0, 0.05) is 31.7 Å². The zero-order chi connectivity index (χ0) is 19.6. The van der Waals surface area contributed by atoms with Crippen molar-refractivity contribution in [2.45, 2.75) is 58.9 Å². The van der Waals surface area contributed by atoms with Crippen molar-refractivity contribution in [1.29, 1.82) is 0 Å². The van der Waals surface area contributed by atoms with Gasteiger partial charge in [0.15, 0.2) is 0 Å². The summed E-state index contributed by atoms with van der Waals surface area (Å²) in [5.41, 5.74) is 0.842. The normalized spacial score (nSPS) is 16.5. The predicted octanol–water partition coefficient (Wildman–Crippen LogP) is 3.80. The van der Waals surface area contributed by atoms with Gasteiger partial charge in [0.1, 0.15) is 5.75 Å². The van der Waals surface area contributed by atoms with Gasteiger partial charge in [0.25, 0.3) is 0 Å². The lowest BCUT2D eigenvalue weighted by Crippen LogP contribution is -2.46. The number of anilines is 1. The summed E-state index contributed by atoms with van der Waals surface area (Å²) in [6, 6.07) is 7.32. The van der Waals surface area contributed by atoms with E-state index in [1.807, 2.05) is 36.1 Å². The second-order valence-electron chi connectivity index (χ2n) is 6.98. The maximum atomic E-state index is 12.6. The number of nitrogens with one attached hydrogen (secondary N) is 1. The highest BCUT2D eigenvalue weighted by Crippen LogP contribution is 2.24. The van der Waals surface area contributed by atoms with Crippen molar-refractivity contribution in [1.82, 2.24) is 10.2 Å². The van der Waals surface area contributed by atoms with E-state index in [0.717, 1.165) is 50.2 Å². The van der Waals surface area contributed by atoms with E-state index < -0.39 is 0 Å². The third-order valence-electron chi connectivity index (χ3n) is 4.76. The van der Waals surface area contributed by atoms with Gasteiger partial charge in [0.05, 0.1) is 12.6 Å². The molecule has 0 unspecified atom stereocenters. The molecule has 1 heterocycles. The Morgan fingerprint density at radius 1 is 1.15 bits per heavy atom. The van der Waals surface area contributed by atoms with Crippen LogP contribution in [0.2, 0.25) is 0 Å². The van der Waals surface area contributed by atoms with Crippen molar-refractivity contribution in [2.24, 2.45) is 0 Å². The van der Waals surface area contributed by atoms with Crippen LogP contribution in [0.25, 0.3) is 0 Å². The number of nitrogens with zero attached hydrogens (tertiary/aromatic N) is 2. The highest BCUT2D eigenvalue weighted by atomic mass is 16.5. The van der Waals surface area contributed by atoms with Gasteiger partial charge in [-0.3, -0.25) is 4.79 Å². The van der Waals surface area contributed by atoms with Gasteiger partial charge in [-0.2, -0.15) is 0 Å². The van der Waals surface area contributed by atoms with Crippen molar-refractivity contribution in [3.05, 3.63) is 24.3 Å². The Kier molecular flexibility index (Phi) is 8.43. The lowest BCUT2D eigenvalue weighted by atomic mass is 10.2. The molecule has 1 saturated heterocycles. The van der Waals surface area contributed by atoms with Crippen LogP contribution >= 0.6 is 0 Å². The molecule has 0 radical (unpaired) electrons. The topological polar surface area (TPSA) is 61.9 Å². The third kappa shape index (κ3) is 6.15. The first-order chi connectivity index (χ1) is 13.1. The van der Waals surface area contributed by atoms with Crippen LogP contribution in [0.15, 0.2) is 24.3 Å². The molecule has 0 aromatic heterocycles. The van der Waals surface area contributed by atoms with E-state index >= 15 is 0 Å². The molecule has 6 heteroatoms. The largest absolute Gasteiger partial charge is 0.494 e. The summed E-state index contributed by atoms with van der Waals surface area (Å²) in [5, 5.41) is 3.06. The van der Waals surface area contributed by atoms with Crippen molar-refractivity contribution >= 4 is 17.6 Å². The summed E-state index contributed by atoms with van der Waals surface area (Å²) in [7, 11) is 0. The number of ether oxygens (including phenoxy) is 1. The van der Waals surface area contributed by atoms with Gasteiger partial charge in [-0.1, -0.05) is 26.7 Å². The minimum atomic E-state index is -0.151. The highest BCUT2D eigenvalue weighted by Gasteiger charge is 2.32. The van der Waals surface area contributed by atoms with Crippen molar-refractivity contribution < 1.29 is 14.3 Å². The first kappa shape index (κ1) is 21.1. The molecule has 1 aromatic rings. The lowest BCUT2D eigenvalue weighted by molar-refractivity contribution is -0.117. The van der Waals surface area contributed by atoms with Crippen molar-refractivity contribution in [3.8, 4) is 5.75 Å². The highest BCUT2D eigenvalue weighted by molar-refractivity contribution is 5.96. The molecule has 1 aromatic carbocycles. The van der Waals surface area contributed by atoms with E-state index in [2.05, 4.69) is 19.2 Å². The SMILES string of the molecule is CCCCN(CCCC)C(=O)N[C@H]1CC(=O)N(c2ccc(OCC)cc2)C1. The van der Waals surface area contributed by atoms with Gasteiger partial charge < -0.3 is 19.9 Å². The number of unbranched alkanes of at least 4 members (excludes halogenated alkanes) is 2. The zero-order valence-corrected chi connectivity index (χ0v) is 16.9. The van der Waals surface area contributed by atoms with Crippen LogP contribution in [0.5, 0.6) is 5.75 Å². The Labute approximate surface area is 162 Å². The molecule has 3 amide bonds. The smallest absolute Gasteiger partial charge is 0.317 e. The molecular weight excluding hydrogens is 342 g/mol. The number of urea groups is 1. The third-order valence-corrected chi connectivity index (χ3v) is 4.76. The van der Waals surface area contributed by atoms with Gasteiger partial charge in [-0.15, -0.1) is 0 Å². The van der Waals surface area contributed by atoms with E-state index in [0.29, 0.717) is 19.6 Å². The molecule has 1 atom stereocenters. The Morgan fingerprint density at radius 3 is 2.33 bits per heavy atom.